The van der Waals surface area contributed by atoms with Crippen LogP contribution < -0.4 is 14.5 Å². The Balaban J connectivity index is 1.93. The SMILES string of the molecule is COc1ccc(Cl)cc1N(CC(=O)N/N=C\c1cccc(Cl)c1)S(=O)(=O)c1ccc(C)cc1. The van der Waals surface area contributed by atoms with Gasteiger partial charge in [-0.05, 0) is 55.0 Å². The van der Waals surface area contributed by atoms with Crippen LogP contribution in [0.25, 0.3) is 0 Å². The first-order valence-electron chi connectivity index (χ1n) is 9.71. The van der Waals surface area contributed by atoms with Gasteiger partial charge in [-0.3, -0.25) is 9.10 Å². The summed E-state index contributed by atoms with van der Waals surface area (Å²) in [5.74, 6) is -0.420. The van der Waals surface area contributed by atoms with Gasteiger partial charge in [0.15, 0.2) is 0 Å². The maximum atomic E-state index is 13.5. The average Bonchev–Trinajstić information content (AvgIpc) is 2.78. The predicted molar refractivity (Wildman–Crippen MR) is 131 cm³/mol. The van der Waals surface area contributed by atoms with Crippen LogP contribution in [-0.4, -0.2) is 34.2 Å². The molecule has 0 fully saturated rings. The summed E-state index contributed by atoms with van der Waals surface area (Å²) < 4.78 is 33.2. The zero-order chi connectivity index (χ0) is 24.0. The van der Waals surface area contributed by atoms with Crippen molar-refractivity contribution in [1.29, 1.82) is 0 Å². The van der Waals surface area contributed by atoms with Gasteiger partial charge in [0, 0.05) is 10.0 Å². The second-order valence-electron chi connectivity index (χ2n) is 6.99. The van der Waals surface area contributed by atoms with Crippen molar-refractivity contribution in [2.75, 3.05) is 18.0 Å². The van der Waals surface area contributed by atoms with Gasteiger partial charge in [0.2, 0.25) is 0 Å². The van der Waals surface area contributed by atoms with Crippen LogP contribution in [0.2, 0.25) is 10.0 Å². The van der Waals surface area contributed by atoms with Crippen molar-refractivity contribution < 1.29 is 17.9 Å². The van der Waals surface area contributed by atoms with Crippen molar-refractivity contribution in [2.24, 2.45) is 5.10 Å². The summed E-state index contributed by atoms with van der Waals surface area (Å²) in [5, 5.41) is 4.70. The van der Waals surface area contributed by atoms with E-state index >= 15 is 0 Å². The number of nitrogens with one attached hydrogen (secondary N) is 1. The number of sulfonamides is 1. The number of halogens is 2. The third-order valence-corrected chi connectivity index (χ3v) is 6.80. The molecular formula is C23H21Cl2N3O4S. The number of hydrogen-bond donors (Lipinski definition) is 1. The van der Waals surface area contributed by atoms with Crippen molar-refractivity contribution in [3.63, 3.8) is 0 Å². The highest BCUT2D eigenvalue weighted by Crippen LogP contribution is 2.34. The number of aryl methyl sites for hydroxylation is 1. The van der Waals surface area contributed by atoms with Gasteiger partial charge in [-0.25, -0.2) is 13.8 Å². The van der Waals surface area contributed by atoms with Crippen molar-refractivity contribution in [1.82, 2.24) is 5.43 Å². The fourth-order valence-corrected chi connectivity index (χ4v) is 4.72. The third-order valence-electron chi connectivity index (χ3n) is 4.56. The minimum absolute atomic E-state index is 0.0188. The molecule has 3 aromatic rings. The Morgan fingerprint density at radius 3 is 2.42 bits per heavy atom. The molecule has 7 nitrogen and oxygen atoms in total. The lowest BCUT2D eigenvalue weighted by atomic mass is 10.2. The first-order chi connectivity index (χ1) is 15.7. The molecule has 0 saturated carbocycles. The number of benzene rings is 3. The van der Waals surface area contributed by atoms with E-state index < -0.39 is 22.5 Å². The van der Waals surface area contributed by atoms with Gasteiger partial charge < -0.3 is 4.74 Å². The fourth-order valence-electron chi connectivity index (χ4n) is 2.93. The fraction of sp³-hybridized carbons (Fsp3) is 0.130. The molecular weight excluding hydrogens is 485 g/mol. The quantitative estimate of drug-likeness (QED) is 0.356. The van der Waals surface area contributed by atoms with Crippen molar-refractivity contribution in [2.45, 2.75) is 11.8 Å². The maximum Gasteiger partial charge on any atom is 0.264 e. The van der Waals surface area contributed by atoms with Gasteiger partial charge in [0.25, 0.3) is 15.9 Å². The molecule has 0 atom stereocenters. The molecule has 0 heterocycles. The van der Waals surface area contributed by atoms with Crippen LogP contribution in [-0.2, 0) is 14.8 Å². The molecule has 0 aliphatic carbocycles. The number of hydrogen-bond acceptors (Lipinski definition) is 5. The molecule has 172 valence electrons. The molecule has 10 heteroatoms. The molecule has 0 bridgehead atoms. The Morgan fingerprint density at radius 1 is 1.06 bits per heavy atom. The smallest absolute Gasteiger partial charge is 0.264 e. The zero-order valence-corrected chi connectivity index (χ0v) is 20.2. The van der Waals surface area contributed by atoms with Crippen LogP contribution in [0.15, 0.2) is 76.7 Å². The molecule has 0 aliphatic heterocycles. The van der Waals surface area contributed by atoms with E-state index in [-0.39, 0.29) is 21.4 Å². The van der Waals surface area contributed by atoms with Crippen LogP contribution >= 0.6 is 23.2 Å². The molecule has 1 amide bonds. The van der Waals surface area contributed by atoms with Crippen molar-refractivity contribution >= 4 is 51.0 Å². The van der Waals surface area contributed by atoms with E-state index in [1.54, 1.807) is 42.5 Å². The van der Waals surface area contributed by atoms with Gasteiger partial charge in [-0.15, -0.1) is 0 Å². The predicted octanol–water partition coefficient (Wildman–Crippen LogP) is 4.66. The number of carbonyl (C=O) groups excluding carboxylic acids is 1. The summed E-state index contributed by atoms with van der Waals surface area (Å²) in [7, 11) is -2.73. The maximum absolute atomic E-state index is 13.5. The highest BCUT2D eigenvalue weighted by molar-refractivity contribution is 7.92. The molecule has 3 rings (SSSR count). The van der Waals surface area contributed by atoms with E-state index in [1.165, 1.54) is 37.6 Å². The van der Waals surface area contributed by atoms with Gasteiger partial charge in [-0.2, -0.15) is 5.10 Å². The summed E-state index contributed by atoms with van der Waals surface area (Å²) in [5.41, 5.74) is 4.03. The van der Waals surface area contributed by atoms with Gasteiger partial charge >= 0.3 is 0 Å². The minimum atomic E-state index is -4.13. The van der Waals surface area contributed by atoms with E-state index in [0.717, 1.165) is 9.87 Å². The largest absolute Gasteiger partial charge is 0.495 e. The Hall–Kier alpha value is -3.07. The highest BCUT2D eigenvalue weighted by atomic mass is 35.5. The monoisotopic (exact) mass is 505 g/mol. The highest BCUT2D eigenvalue weighted by Gasteiger charge is 2.29. The van der Waals surface area contributed by atoms with E-state index in [2.05, 4.69) is 10.5 Å². The molecule has 33 heavy (non-hydrogen) atoms. The van der Waals surface area contributed by atoms with Gasteiger partial charge in [0.05, 0.1) is 23.9 Å². The summed E-state index contributed by atoms with van der Waals surface area (Å²) in [6.45, 7) is 1.29. The van der Waals surface area contributed by atoms with Gasteiger partial charge in [-0.1, -0.05) is 53.0 Å². The zero-order valence-electron chi connectivity index (χ0n) is 17.8. The van der Waals surface area contributed by atoms with Crippen LogP contribution in [0.1, 0.15) is 11.1 Å². The third kappa shape index (κ3) is 6.25. The number of carbonyl (C=O) groups is 1. The number of amides is 1. The summed E-state index contributed by atoms with van der Waals surface area (Å²) in [6, 6.07) is 17.7. The first kappa shape index (κ1) is 24.6. The topological polar surface area (TPSA) is 88.1 Å². The molecule has 0 unspecified atom stereocenters. The van der Waals surface area contributed by atoms with E-state index in [1.807, 2.05) is 6.92 Å². The van der Waals surface area contributed by atoms with E-state index in [0.29, 0.717) is 10.6 Å². The number of methoxy groups -OCH3 is 1. The molecule has 3 aromatic carbocycles. The lowest BCUT2D eigenvalue weighted by molar-refractivity contribution is -0.119. The summed E-state index contributed by atoms with van der Waals surface area (Å²) in [6.07, 6.45) is 1.41. The number of hydrazone groups is 1. The molecule has 0 radical (unpaired) electrons. The first-order valence-corrected chi connectivity index (χ1v) is 11.9. The Morgan fingerprint density at radius 2 is 1.76 bits per heavy atom. The second kappa shape index (κ2) is 10.7. The van der Waals surface area contributed by atoms with Crippen molar-refractivity contribution in [3.8, 4) is 5.75 Å². The molecule has 0 saturated heterocycles. The van der Waals surface area contributed by atoms with Crippen molar-refractivity contribution in [3.05, 3.63) is 87.9 Å². The average molecular weight is 506 g/mol. The van der Waals surface area contributed by atoms with Crippen LogP contribution in [0.5, 0.6) is 5.75 Å². The molecule has 0 aromatic heterocycles. The molecule has 0 aliphatic rings. The van der Waals surface area contributed by atoms with Crippen LogP contribution in [0, 0.1) is 6.92 Å². The number of nitrogens with zero attached hydrogens (tertiary/aromatic N) is 2. The Bertz CT molecular complexity index is 1280. The second-order valence-corrected chi connectivity index (χ2v) is 9.72. The minimum Gasteiger partial charge on any atom is -0.495 e. The standard InChI is InChI=1S/C23H21Cl2N3O4S/c1-16-6-9-20(10-7-16)33(30,31)28(21-13-19(25)8-11-22(21)32-2)15-23(29)27-26-14-17-4-3-5-18(24)12-17/h3-14H,15H2,1-2H3,(H,27,29)/b26-14-. The van der Waals surface area contributed by atoms with E-state index in [4.69, 9.17) is 27.9 Å². The van der Waals surface area contributed by atoms with Crippen LogP contribution in [0.3, 0.4) is 0 Å². The normalized spacial score (nSPS) is 11.4. The summed E-state index contributed by atoms with van der Waals surface area (Å²) in [4.78, 5) is 12.7. The number of ether oxygens (including phenoxy) is 1. The number of rotatable bonds is 8. The number of anilines is 1. The lowest BCUT2D eigenvalue weighted by Crippen LogP contribution is -2.39. The lowest BCUT2D eigenvalue weighted by Gasteiger charge is -2.25. The molecule has 1 N–H and O–H groups in total. The molecule has 0 spiro atoms. The Kier molecular flexibility index (Phi) is 7.97. The van der Waals surface area contributed by atoms with Gasteiger partial charge in [0.1, 0.15) is 12.3 Å². The van der Waals surface area contributed by atoms with Crippen LogP contribution in [0.4, 0.5) is 5.69 Å². The Labute approximate surface area is 202 Å². The summed E-state index contributed by atoms with van der Waals surface area (Å²) >= 11 is 12.1. The van der Waals surface area contributed by atoms with E-state index in [9.17, 15) is 13.2 Å².